The third kappa shape index (κ3) is 3.67. The predicted molar refractivity (Wildman–Crippen MR) is 82.6 cm³/mol. The third-order valence-electron chi connectivity index (χ3n) is 3.89. The second-order valence-corrected chi connectivity index (χ2v) is 5.49. The molecule has 0 aromatic carbocycles. The largest absolute Gasteiger partial charge is 0.462 e. The Kier molecular flexibility index (Phi) is 4.78. The summed E-state index contributed by atoms with van der Waals surface area (Å²) in [5, 5.41) is 14.7. The number of amides is 1. The number of ether oxygens (including phenoxy) is 1. The molecule has 132 valence electrons. The standard InChI is InChI=1S/C15H16N4O6/c20-14(12-4-5-13(25-12)19(22)23)18-8-1-3-11(18)15(21)24-10-9-17-7-2-6-16-17/h2,4-7,11H,1,3,8-10H2/t11-/m0/s1. The van der Waals surface area contributed by atoms with Crippen molar-refractivity contribution in [2.24, 2.45) is 0 Å². The molecule has 0 unspecified atom stereocenters. The SMILES string of the molecule is O=C(OCCn1cccn1)[C@@H]1CCCN1C(=O)c1ccc([N+](=O)[O-])o1. The Labute approximate surface area is 142 Å². The van der Waals surface area contributed by atoms with Crippen molar-refractivity contribution in [2.75, 3.05) is 13.2 Å². The van der Waals surface area contributed by atoms with Crippen LogP contribution in [0.4, 0.5) is 5.88 Å². The molecule has 1 aliphatic rings. The Morgan fingerprint density at radius 3 is 2.96 bits per heavy atom. The van der Waals surface area contributed by atoms with Crippen LogP contribution in [0.1, 0.15) is 23.4 Å². The van der Waals surface area contributed by atoms with Gasteiger partial charge in [-0.25, -0.2) is 4.79 Å². The normalized spacial score (nSPS) is 16.8. The van der Waals surface area contributed by atoms with Gasteiger partial charge in [-0.1, -0.05) is 0 Å². The first-order valence-corrected chi connectivity index (χ1v) is 7.75. The molecule has 0 bridgehead atoms. The highest BCUT2D eigenvalue weighted by Gasteiger charge is 2.37. The van der Waals surface area contributed by atoms with Crippen molar-refractivity contribution in [1.82, 2.24) is 14.7 Å². The summed E-state index contributed by atoms with van der Waals surface area (Å²) in [6.07, 6.45) is 4.51. The number of rotatable bonds is 6. The second-order valence-electron chi connectivity index (χ2n) is 5.49. The summed E-state index contributed by atoms with van der Waals surface area (Å²) in [6, 6.07) is 3.40. The Balaban J connectivity index is 1.59. The van der Waals surface area contributed by atoms with Gasteiger partial charge in [-0.15, -0.1) is 0 Å². The molecular formula is C15H16N4O6. The van der Waals surface area contributed by atoms with Gasteiger partial charge in [0.05, 0.1) is 12.6 Å². The molecule has 10 heteroatoms. The summed E-state index contributed by atoms with van der Waals surface area (Å²) in [6.45, 7) is 0.932. The Bertz CT molecular complexity index is 769. The molecule has 1 aliphatic heterocycles. The molecule has 2 aromatic heterocycles. The Morgan fingerprint density at radius 1 is 1.44 bits per heavy atom. The lowest BCUT2D eigenvalue weighted by Gasteiger charge is -2.22. The van der Waals surface area contributed by atoms with Gasteiger partial charge >= 0.3 is 11.9 Å². The zero-order valence-corrected chi connectivity index (χ0v) is 13.2. The van der Waals surface area contributed by atoms with E-state index in [-0.39, 0.29) is 12.4 Å². The van der Waals surface area contributed by atoms with Crippen LogP contribution in [0.5, 0.6) is 0 Å². The number of esters is 1. The molecule has 0 aliphatic carbocycles. The van der Waals surface area contributed by atoms with Crippen molar-refractivity contribution in [1.29, 1.82) is 0 Å². The lowest BCUT2D eigenvalue weighted by molar-refractivity contribution is -0.402. The molecule has 10 nitrogen and oxygen atoms in total. The molecule has 1 amide bonds. The van der Waals surface area contributed by atoms with Gasteiger partial charge in [0.15, 0.2) is 5.76 Å². The van der Waals surface area contributed by atoms with E-state index in [1.165, 1.54) is 11.0 Å². The minimum Gasteiger partial charge on any atom is -0.462 e. The number of likely N-dealkylation sites (tertiary alicyclic amines) is 1. The van der Waals surface area contributed by atoms with Crippen LogP contribution >= 0.6 is 0 Å². The first kappa shape index (κ1) is 16.7. The second kappa shape index (κ2) is 7.16. The molecule has 1 saturated heterocycles. The molecule has 0 N–H and O–H groups in total. The Morgan fingerprint density at radius 2 is 2.28 bits per heavy atom. The summed E-state index contributed by atoms with van der Waals surface area (Å²) in [5.41, 5.74) is 0. The first-order valence-electron chi connectivity index (χ1n) is 7.75. The predicted octanol–water partition coefficient (Wildman–Crippen LogP) is 1.23. The summed E-state index contributed by atoms with van der Waals surface area (Å²) < 4.78 is 11.8. The summed E-state index contributed by atoms with van der Waals surface area (Å²) >= 11 is 0. The van der Waals surface area contributed by atoms with E-state index in [9.17, 15) is 19.7 Å². The van der Waals surface area contributed by atoms with Gasteiger partial charge in [-0.05, 0) is 25.0 Å². The maximum absolute atomic E-state index is 12.4. The number of nitrogens with zero attached hydrogens (tertiary/aromatic N) is 4. The fourth-order valence-electron chi connectivity index (χ4n) is 2.71. The number of hydrogen-bond donors (Lipinski definition) is 0. The average Bonchev–Trinajstić information content (AvgIpc) is 3.33. The number of carbonyl (C=O) groups excluding carboxylic acids is 2. The zero-order chi connectivity index (χ0) is 17.8. The number of nitro groups is 1. The monoisotopic (exact) mass is 348 g/mol. The average molecular weight is 348 g/mol. The van der Waals surface area contributed by atoms with E-state index < -0.39 is 28.7 Å². The number of furan rings is 1. The van der Waals surface area contributed by atoms with Crippen molar-refractivity contribution in [3.63, 3.8) is 0 Å². The Hall–Kier alpha value is -3.17. The quantitative estimate of drug-likeness (QED) is 0.437. The van der Waals surface area contributed by atoms with Gasteiger partial charge in [0.2, 0.25) is 0 Å². The van der Waals surface area contributed by atoms with Crippen LogP contribution in [0.2, 0.25) is 0 Å². The van der Waals surface area contributed by atoms with E-state index in [2.05, 4.69) is 5.10 Å². The smallest absolute Gasteiger partial charge is 0.433 e. The van der Waals surface area contributed by atoms with E-state index in [1.54, 1.807) is 23.1 Å². The molecule has 1 atom stereocenters. The van der Waals surface area contributed by atoms with Gasteiger partial charge in [0.25, 0.3) is 5.91 Å². The molecule has 0 radical (unpaired) electrons. The molecule has 0 saturated carbocycles. The van der Waals surface area contributed by atoms with E-state index >= 15 is 0 Å². The van der Waals surface area contributed by atoms with Gasteiger partial charge in [0, 0.05) is 18.9 Å². The first-order chi connectivity index (χ1) is 12.1. The van der Waals surface area contributed by atoms with Crippen LogP contribution < -0.4 is 0 Å². The highest BCUT2D eigenvalue weighted by atomic mass is 16.6. The van der Waals surface area contributed by atoms with E-state index in [0.29, 0.717) is 25.9 Å². The fourth-order valence-corrected chi connectivity index (χ4v) is 2.71. The van der Waals surface area contributed by atoms with Crippen molar-refractivity contribution in [2.45, 2.75) is 25.4 Å². The summed E-state index contributed by atoms with van der Waals surface area (Å²) in [5.74, 6) is -1.73. The molecular weight excluding hydrogens is 332 g/mol. The van der Waals surface area contributed by atoms with Crippen LogP contribution in [0, 0.1) is 10.1 Å². The van der Waals surface area contributed by atoms with E-state index in [0.717, 1.165) is 6.07 Å². The number of aromatic nitrogens is 2. The van der Waals surface area contributed by atoms with Crippen LogP contribution in [-0.2, 0) is 16.1 Å². The molecule has 0 spiro atoms. The lowest BCUT2D eigenvalue weighted by Crippen LogP contribution is -2.41. The highest BCUT2D eigenvalue weighted by Crippen LogP contribution is 2.24. The zero-order valence-electron chi connectivity index (χ0n) is 13.2. The minimum atomic E-state index is -0.720. The number of carbonyl (C=O) groups is 2. The van der Waals surface area contributed by atoms with Gasteiger partial charge in [-0.3, -0.25) is 19.6 Å². The van der Waals surface area contributed by atoms with E-state index in [4.69, 9.17) is 9.15 Å². The van der Waals surface area contributed by atoms with Crippen LogP contribution in [0.25, 0.3) is 0 Å². The topological polar surface area (TPSA) is 121 Å². The molecule has 2 aromatic rings. The van der Waals surface area contributed by atoms with Crippen LogP contribution in [0.15, 0.2) is 35.0 Å². The molecule has 1 fully saturated rings. The summed E-state index contributed by atoms with van der Waals surface area (Å²) in [7, 11) is 0. The summed E-state index contributed by atoms with van der Waals surface area (Å²) in [4.78, 5) is 36.0. The molecule has 3 rings (SSSR count). The van der Waals surface area contributed by atoms with Gasteiger partial charge in [0.1, 0.15) is 17.6 Å². The van der Waals surface area contributed by atoms with Crippen LogP contribution in [0.3, 0.4) is 0 Å². The minimum absolute atomic E-state index is 0.144. The molecule has 25 heavy (non-hydrogen) atoms. The molecule has 3 heterocycles. The van der Waals surface area contributed by atoms with E-state index in [1.807, 2.05) is 0 Å². The van der Waals surface area contributed by atoms with Gasteiger partial charge < -0.3 is 14.1 Å². The van der Waals surface area contributed by atoms with Crippen LogP contribution in [-0.4, -0.2) is 50.7 Å². The fraction of sp³-hybridized carbons (Fsp3) is 0.400. The van der Waals surface area contributed by atoms with Crippen molar-refractivity contribution in [3.05, 3.63) is 46.5 Å². The van der Waals surface area contributed by atoms with Gasteiger partial charge in [-0.2, -0.15) is 5.10 Å². The van der Waals surface area contributed by atoms with Crippen molar-refractivity contribution >= 4 is 17.8 Å². The third-order valence-corrected chi connectivity index (χ3v) is 3.89. The maximum atomic E-state index is 12.4. The lowest BCUT2D eigenvalue weighted by atomic mass is 10.2. The van der Waals surface area contributed by atoms with Crippen molar-refractivity contribution in [3.8, 4) is 0 Å². The maximum Gasteiger partial charge on any atom is 0.433 e. The highest BCUT2D eigenvalue weighted by molar-refractivity contribution is 5.95. The number of hydrogen-bond acceptors (Lipinski definition) is 7. The van der Waals surface area contributed by atoms with Crippen molar-refractivity contribution < 1.29 is 23.7 Å².